The predicted octanol–water partition coefficient (Wildman–Crippen LogP) is 2.02. The maximum absolute atomic E-state index is 12.0. The molecule has 0 saturated heterocycles. The topological polar surface area (TPSA) is 72.2 Å². The Kier molecular flexibility index (Phi) is 4.24. The molecular formula is C13H20N2O2S. The molecule has 4 nitrogen and oxygen atoms in total. The van der Waals surface area contributed by atoms with Gasteiger partial charge in [-0.05, 0) is 30.5 Å². The number of nitrogens with one attached hydrogen (secondary N) is 1. The largest absolute Gasteiger partial charge is 0.399 e. The SMILES string of the molecule is Nc1cccc(CS(=O)(=O)NC2CCCCC2)c1. The summed E-state index contributed by atoms with van der Waals surface area (Å²) in [5, 5.41) is 0. The minimum Gasteiger partial charge on any atom is -0.399 e. The first-order valence-electron chi connectivity index (χ1n) is 6.39. The second kappa shape index (κ2) is 5.71. The van der Waals surface area contributed by atoms with Crippen LogP contribution in [0.25, 0.3) is 0 Å². The predicted molar refractivity (Wildman–Crippen MR) is 73.5 cm³/mol. The first kappa shape index (κ1) is 13.4. The summed E-state index contributed by atoms with van der Waals surface area (Å²) in [4.78, 5) is 0. The minimum atomic E-state index is -3.26. The number of benzene rings is 1. The van der Waals surface area contributed by atoms with Crippen molar-refractivity contribution in [1.82, 2.24) is 4.72 Å². The fourth-order valence-electron chi connectivity index (χ4n) is 2.42. The third-order valence-corrected chi connectivity index (χ3v) is 4.66. The maximum Gasteiger partial charge on any atom is 0.216 e. The molecule has 0 heterocycles. The molecule has 0 unspecified atom stereocenters. The van der Waals surface area contributed by atoms with Crippen molar-refractivity contribution in [1.29, 1.82) is 0 Å². The van der Waals surface area contributed by atoms with Crippen molar-refractivity contribution < 1.29 is 8.42 Å². The average Bonchev–Trinajstić information content (AvgIpc) is 2.28. The lowest BCUT2D eigenvalue weighted by Gasteiger charge is -2.22. The van der Waals surface area contributed by atoms with Crippen molar-refractivity contribution in [3.63, 3.8) is 0 Å². The quantitative estimate of drug-likeness (QED) is 0.821. The molecule has 0 atom stereocenters. The van der Waals surface area contributed by atoms with Crippen LogP contribution in [0.4, 0.5) is 5.69 Å². The molecule has 1 saturated carbocycles. The van der Waals surface area contributed by atoms with Crippen molar-refractivity contribution in [3.8, 4) is 0 Å². The Labute approximate surface area is 109 Å². The zero-order valence-corrected chi connectivity index (χ0v) is 11.2. The van der Waals surface area contributed by atoms with Crippen LogP contribution < -0.4 is 10.5 Å². The molecule has 0 radical (unpaired) electrons. The molecular weight excluding hydrogens is 248 g/mol. The number of nitrogen functional groups attached to an aromatic ring is 1. The summed E-state index contributed by atoms with van der Waals surface area (Å²) in [6.07, 6.45) is 5.36. The van der Waals surface area contributed by atoms with Gasteiger partial charge in [-0.2, -0.15) is 0 Å². The van der Waals surface area contributed by atoms with Crippen LogP contribution >= 0.6 is 0 Å². The van der Waals surface area contributed by atoms with E-state index in [1.54, 1.807) is 24.3 Å². The first-order valence-corrected chi connectivity index (χ1v) is 8.05. The Morgan fingerprint density at radius 1 is 1.22 bits per heavy atom. The molecule has 1 aliphatic carbocycles. The molecule has 3 N–H and O–H groups in total. The number of hydrogen-bond donors (Lipinski definition) is 2. The monoisotopic (exact) mass is 268 g/mol. The Hall–Kier alpha value is -1.07. The van der Waals surface area contributed by atoms with Gasteiger partial charge in [0, 0.05) is 11.7 Å². The number of hydrogen-bond acceptors (Lipinski definition) is 3. The van der Waals surface area contributed by atoms with Gasteiger partial charge in [-0.15, -0.1) is 0 Å². The summed E-state index contributed by atoms with van der Waals surface area (Å²) in [6, 6.07) is 7.15. The van der Waals surface area contributed by atoms with Crippen LogP contribution in [0, 0.1) is 0 Å². The van der Waals surface area contributed by atoms with Crippen LogP contribution in [0.3, 0.4) is 0 Å². The van der Waals surface area contributed by atoms with E-state index >= 15 is 0 Å². The summed E-state index contributed by atoms with van der Waals surface area (Å²) in [5.74, 6) is 0.00847. The van der Waals surface area contributed by atoms with Gasteiger partial charge < -0.3 is 5.73 Å². The van der Waals surface area contributed by atoms with Crippen LogP contribution in [0.15, 0.2) is 24.3 Å². The highest BCUT2D eigenvalue weighted by molar-refractivity contribution is 7.88. The van der Waals surface area contributed by atoms with E-state index in [1.165, 1.54) is 6.42 Å². The van der Waals surface area contributed by atoms with Crippen molar-refractivity contribution in [3.05, 3.63) is 29.8 Å². The van der Waals surface area contributed by atoms with Gasteiger partial charge in [0.15, 0.2) is 0 Å². The highest BCUT2D eigenvalue weighted by Gasteiger charge is 2.20. The van der Waals surface area contributed by atoms with E-state index < -0.39 is 10.0 Å². The van der Waals surface area contributed by atoms with Gasteiger partial charge >= 0.3 is 0 Å². The van der Waals surface area contributed by atoms with Crippen LogP contribution in [0.5, 0.6) is 0 Å². The van der Waals surface area contributed by atoms with E-state index in [9.17, 15) is 8.42 Å². The van der Waals surface area contributed by atoms with Gasteiger partial charge in [-0.1, -0.05) is 31.4 Å². The fourth-order valence-corrected chi connectivity index (χ4v) is 3.86. The van der Waals surface area contributed by atoms with E-state index in [-0.39, 0.29) is 11.8 Å². The van der Waals surface area contributed by atoms with Gasteiger partial charge in [-0.3, -0.25) is 0 Å². The summed E-state index contributed by atoms with van der Waals surface area (Å²) >= 11 is 0. The lowest BCUT2D eigenvalue weighted by atomic mass is 9.96. The normalized spacial score (nSPS) is 17.8. The van der Waals surface area contributed by atoms with E-state index in [2.05, 4.69) is 4.72 Å². The Morgan fingerprint density at radius 3 is 2.61 bits per heavy atom. The molecule has 0 aliphatic heterocycles. The second-order valence-corrected chi connectivity index (χ2v) is 6.71. The smallest absolute Gasteiger partial charge is 0.216 e. The molecule has 1 aliphatic rings. The van der Waals surface area contributed by atoms with Crippen molar-refractivity contribution in [2.24, 2.45) is 0 Å². The number of sulfonamides is 1. The zero-order valence-electron chi connectivity index (χ0n) is 10.4. The molecule has 0 aromatic heterocycles. The molecule has 1 aromatic rings. The number of rotatable bonds is 4. The summed E-state index contributed by atoms with van der Waals surface area (Å²) < 4.78 is 26.8. The standard InChI is InChI=1S/C13H20N2O2S/c14-12-6-4-5-11(9-12)10-18(16,17)15-13-7-2-1-3-8-13/h4-6,9,13,15H,1-3,7-8,10,14H2. The van der Waals surface area contributed by atoms with Gasteiger partial charge in [0.1, 0.15) is 0 Å². The third kappa shape index (κ3) is 3.99. The molecule has 18 heavy (non-hydrogen) atoms. The molecule has 1 aromatic carbocycles. The van der Waals surface area contributed by atoms with Crippen molar-refractivity contribution in [2.75, 3.05) is 5.73 Å². The second-order valence-electron chi connectivity index (χ2n) is 4.96. The van der Waals surface area contributed by atoms with Crippen LogP contribution in [-0.4, -0.2) is 14.5 Å². The average molecular weight is 268 g/mol. The minimum absolute atomic E-state index is 0.00847. The molecule has 0 spiro atoms. The van der Waals surface area contributed by atoms with Crippen molar-refractivity contribution >= 4 is 15.7 Å². The van der Waals surface area contributed by atoms with E-state index in [1.807, 2.05) is 0 Å². The zero-order chi connectivity index (χ0) is 13.0. The first-order chi connectivity index (χ1) is 8.55. The van der Waals surface area contributed by atoms with Crippen LogP contribution in [-0.2, 0) is 15.8 Å². The van der Waals surface area contributed by atoms with Gasteiger partial charge in [0.25, 0.3) is 0 Å². The summed E-state index contributed by atoms with van der Waals surface area (Å²) in [6.45, 7) is 0. The lowest BCUT2D eigenvalue weighted by molar-refractivity contribution is 0.412. The highest BCUT2D eigenvalue weighted by atomic mass is 32.2. The maximum atomic E-state index is 12.0. The van der Waals surface area contributed by atoms with Crippen LogP contribution in [0.2, 0.25) is 0 Å². The fraction of sp³-hybridized carbons (Fsp3) is 0.538. The molecule has 2 rings (SSSR count). The highest BCUT2D eigenvalue weighted by Crippen LogP contribution is 2.19. The Morgan fingerprint density at radius 2 is 1.94 bits per heavy atom. The van der Waals surface area contributed by atoms with Crippen LogP contribution in [0.1, 0.15) is 37.7 Å². The lowest BCUT2D eigenvalue weighted by Crippen LogP contribution is -2.36. The van der Waals surface area contributed by atoms with Gasteiger partial charge in [0.05, 0.1) is 5.75 Å². The molecule has 100 valence electrons. The molecule has 5 heteroatoms. The van der Waals surface area contributed by atoms with E-state index in [0.717, 1.165) is 31.2 Å². The van der Waals surface area contributed by atoms with Gasteiger partial charge in [0.2, 0.25) is 10.0 Å². The molecule has 1 fully saturated rings. The van der Waals surface area contributed by atoms with Gasteiger partial charge in [-0.25, -0.2) is 13.1 Å². The molecule has 0 amide bonds. The summed E-state index contributed by atoms with van der Waals surface area (Å²) in [5.41, 5.74) is 6.98. The number of nitrogens with two attached hydrogens (primary N) is 1. The Bertz CT molecular complexity index is 493. The van der Waals surface area contributed by atoms with E-state index in [4.69, 9.17) is 5.73 Å². The summed E-state index contributed by atoms with van der Waals surface area (Å²) in [7, 11) is -3.26. The Balaban J connectivity index is 1.98. The van der Waals surface area contributed by atoms with E-state index in [0.29, 0.717) is 5.69 Å². The van der Waals surface area contributed by atoms with Crippen molar-refractivity contribution in [2.45, 2.75) is 43.9 Å². The number of anilines is 1. The molecule has 0 bridgehead atoms. The third-order valence-electron chi connectivity index (χ3n) is 3.26.